The Morgan fingerprint density at radius 3 is 2.88 bits per heavy atom. The van der Waals surface area contributed by atoms with Crippen LogP contribution in [0.4, 0.5) is 0 Å². The molecule has 0 spiro atoms. The van der Waals surface area contributed by atoms with Gasteiger partial charge in [-0.05, 0) is 37.1 Å². The molecular formula is C13H16BrNO2. The summed E-state index contributed by atoms with van der Waals surface area (Å²) in [5.41, 5.74) is 2.11. The summed E-state index contributed by atoms with van der Waals surface area (Å²) in [6.45, 7) is 3.90. The van der Waals surface area contributed by atoms with Crippen LogP contribution >= 0.6 is 15.9 Å². The third-order valence-electron chi connectivity index (χ3n) is 2.14. The van der Waals surface area contributed by atoms with E-state index in [1.54, 1.807) is 13.0 Å². The van der Waals surface area contributed by atoms with Crippen LogP contribution in [0.3, 0.4) is 0 Å². The van der Waals surface area contributed by atoms with Crippen molar-refractivity contribution in [2.24, 2.45) is 0 Å². The first-order valence-electron chi connectivity index (χ1n) is 5.39. The van der Waals surface area contributed by atoms with Crippen molar-refractivity contribution >= 4 is 27.9 Å². The van der Waals surface area contributed by atoms with Crippen molar-refractivity contribution in [1.82, 2.24) is 5.32 Å². The number of benzene rings is 1. The molecule has 0 aliphatic heterocycles. The van der Waals surface area contributed by atoms with Gasteiger partial charge in [-0.1, -0.05) is 28.1 Å². The number of aliphatic hydroxyl groups is 1. The number of carbonyl (C=O) groups excluding carboxylic acids is 1. The second kappa shape index (κ2) is 6.57. The van der Waals surface area contributed by atoms with E-state index in [1.165, 1.54) is 6.08 Å². The zero-order chi connectivity index (χ0) is 12.8. The molecule has 92 valence electrons. The molecule has 1 amide bonds. The Hall–Kier alpha value is -1.13. The topological polar surface area (TPSA) is 49.3 Å². The normalized spacial score (nSPS) is 12.7. The molecule has 0 bridgehead atoms. The minimum atomic E-state index is -0.529. The Morgan fingerprint density at radius 1 is 1.59 bits per heavy atom. The first-order valence-corrected chi connectivity index (χ1v) is 6.18. The Labute approximate surface area is 110 Å². The van der Waals surface area contributed by atoms with E-state index in [9.17, 15) is 4.79 Å². The van der Waals surface area contributed by atoms with Crippen molar-refractivity contribution < 1.29 is 9.90 Å². The van der Waals surface area contributed by atoms with Gasteiger partial charge in [-0.3, -0.25) is 4.79 Å². The third-order valence-corrected chi connectivity index (χ3v) is 2.83. The number of rotatable bonds is 4. The molecule has 1 aromatic rings. The van der Waals surface area contributed by atoms with Crippen LogP contribution in [0, 0.1) is 6.92 Å². The maximum Gasteiger partial charge on any atom is 0.244 e. The molecule has 1 unspecified atom stereocenters. The van der Waals surface area contributed by atoms with Gasteiger partial charge in [0.05, 0.1) is 6.10 Å². The fraction of sp³-hybridized carbons (Fsp3) is 0.308. The molecule has 1 atom stereocenters. The first-order chi connectivity index (χ1) is 7.99. The zero-order valence-corrected chi connectivity index (χ0v) is 11.5. The molecule has 3 nitrogen and oxygen atoms in total. The van der Waals surface area contributed by atoms with Gasteiger partial charge in [0.1, 0.15) is 0 Å². The van der Waals surface area contributed by atoms with Gasteiger partial charge in [-0.25, -0.2) is 0 Å². The molecule has 0 aromatic heterocycles. The fourth-order valence-corrected chi connectivity index (χ4v) is 1.87. The smallest absolute Gasteiger partial charge is 0.244 e. The van der Waals surface area contributed by atoms with Gasteiger partial charge < -0.3 is 10.4 Å². The second-order valence-corrected chi connectivity index (χ2v) is 4.81. The summed E-state index contributed by atoms with van der Waals surface area (Å²) in [4.78, 5) is 11.4. The molecule has 0 aliphatic carbocycles. The lowest BCUT2D eigenvalue weighted by Gasteiger charge is -2.04. The predicted molar refractivity (Wildman–Crippen MR) is 72.6 cm³/mol. The SMILES string of the molecule is Cc1ccc(/C=C/C(=O)NCC(C)O)c(Br)c1. The standard InChI is InChI=1S/C13H16BrNO2/c1-9-3-4-11(12(14)7-9)5-6-13(17)15-8-10(2)16/h3-7,10,16H,8H2,1-2H3,(H,15,17)/b6-5+. The molecule has 0 radical (unpaired) electrons. The van der Waals surface area contributed by atoms with E-state index in [4.69, 9.17) is 5.11 Å². The molecule has 1 rings (SSSR count). The molecule has 0 saturated carbocycles. The molecule has 0 fully saturated rings. The summed E-state index contributed by atoms with van der Waals surface area (Å²) in [5, 5.41) is 11.6. The average Bonchev–Trinajstić information content (AvgIpc) is 2.25. The number of hydrogen-bond acceptors (Lipinski definition) is 2. The van der Waals surface area contributed by atoms with Crippen LogP contribution in [0.1, 0.15) is 18.1 Å². The van der Waals surface area contributed by atoms with Gasteiger partial charge in [0.2, 0.25) is 5.91 Å². The number of carbonyl (C=O) groups is 1. The number of amides is 1. The van der Waals surface area contributed by atoms with E-state index in [1.807, 2.05) is 25.1 Å². The predicted octanol–water partition coefficient (Wildman–Crippen LogP) is 2.27. The van der Waals surface area contributed by atoms with Crippen molar-refractivity contribution in [2.75, 3.05) is 6.54 Å². The van der Waals surface area contributed by atoms with Crippen LogP contribution in [0.5, 0.6) is 0 Å². The Kier molecular flexibility index (Phi) is 5.38. The monoisotopic (exact) mass is 297 g/mol. The lowest BCUT2D eigenvalue weighted by molar-refractivity contribution is -0.116. The van der Waals surface area contributed by atoms with Crippen LogP contribution < -0.4 is 5.32 Å². The molecule has 0 heterocycles. The van der Waals surface area contributed by atoms with Crippen molar-refractivity contribution in [3.05, 3.63) is 39.9 Å². The fourth-order valence-electron chi connectivity index (χ4n) is 1.24. The maximum atomic E-state index is 11.4. The van der Waals surface area contributed by atoms with Gasteiger partial charge >= 0.3 is 0 Å². The van der Waals surface area contributed by atoms with E-state index in [2.05, 4.69) is 21.2 Å². The Balaban J connectivity index is 2.61. The van der Waals surface area contributed by atoms with Crippen molar-refractivity contribution in [2.45, 2.75) is 20.0 Å². The minimum Gasteiger partial charge on any atom is -0.392 e. The van der Waals surface area contributed by atoms with Gasteiger partial charge in [0, 0.05) is 17.1 Å². The van der Waals surface area contributed by atoms with Gasteiger partial charge in [-0.2, -0.15) is 0 Å². The summed E-state index contributed by atoms with van der Waals surface area (Å²) in [6, 6.07) is 5.92. The highest BCUT2D eigenvalue weighted by Gasteiger charge is 2.00. The number of aryl methyl sites for hydroxylation is 1. The summed E-state index contributed by atoms with van der Waals surface area (Å²) in [7, 11) is 0. The van der Waals surface area contributed by atoms with Crippen LogP contribution in [0.15, 0.2) is 28.7 Å². The molecule has 4 heteroatoms. The lowest BCUT2D eigenvalue weighted by Crippen LogP contribution is -2.28. The summed E-state index contributed by atoms with van der Waals surface area (Å²) in [5.74, 6) is -0.210. The highest BCUT2D eigenvalue weighted by Crippen LogP contribution is 2.19. The van der Waals surface area contributed by atoms with E-state index >= 15 is 0 Å². The van der Waals surface area contributed by atoms with E-state index in [0.29, 0.717) is 0 Å². The third kappa shape index (κ3) is 5.15. The summed E-state index contributed by atoms with van der Waals surface area (Å²) < 4.78 is 0.956. The van der Waals surface area contributed by atoms with E-state index in [-0.39, 0.29) is 12.5 Å². The number of hydrogen-bond donors (Lipinski definition) is 2. The molecule has 17 heavy (non-hydrogen) atoms. The number of nitrogens with one attached hydrogen (secondary N) is 1. The zero-order valence-electron chi connectivity index (χ0n) is 9.90. The highest BCUT2D eigenvalue weighted by molar-refractivity contribution is 9.10. The van der Waals surface area contributed by atoms with Crippen LogP contribution in [-0.4, -0.2) is 23.7 Å². The summed E-state index contributed by atoms with van der Waals surface area (Å²) in [6.07, 6.45) is 2.66. The Bertz CT molecular complexity index is 427. The number of aliphatic hydroxyl groups excluding tert-OH is 1. The second-order valence-electron chi connectivity index (χ2n) is 3.95. The molecular weight excluding hydrogens is 282 g/mol. The first kappa shape index (κ1) is 13.9. The van der Waals surface area contributed by atoms with Crippen molar-refractivity contribution in [3.63, 3.8) is 0 Å². The highest BCUT2D eigenvalue weighted by atomic mass is 79.9. The maximum absolute atomic E-state index is 11.4. The number of halogens is 1. The van der Waals surface area contributed by atoms with Crippen molar-refractivity contribution in [1.29, 1.82) is 0 Å². The minimum absolute atomic E-state index is 0.210. The van der Waals surface area contributed by atoms with E-state index in [0.717, 1.165) is 15.6 Å². The largest absolute Gasteiger partial charge is 0.392 e. The average molecular weight is 298 g/mol. The lowest BCUT2D eigenvalue weighted by atomic mass is 10.1. The van der Waals surface area contributed by atoms with E-state index < -0.39 is 6.10 Å². The molecule has 2 N–H and O–H groups in total. The van der Waals surface area contributed by atoms with Gasteiger partial charge in [-0.15, -0.1) is 0 Å². The molecule has 0 aliphatic rings. The summed E-state index contributed by atoms with van der Waals surface area (Å²) >= 11 is 3.44. The van der Waals surface area contributed by atoms with Crippen LogP contribution in [-0.2, 0) is 4.79 Å². The Morgan fingerprint density at radius 2 is 2.29 bits per heavy atom. The van der Waals surface area contributed by atoms with Crippen LogP contribution in [0.2, 0.25) is 0 Å². The van der Waals surface area contributed by atoms with Gasteiger partial charge in [0.25, 0.3) is 0 Å². The quantitative estimate of drug-likeness (QED) is 0.838. The van der Waals surface area contributed by atoms with Gasteiger partial charge in [0.15, 0.2) is 0 Å². The molecule has 0 saturated heterocycles. The van der Waals surface area contributed by atoms with Crippen LogP contribution in [0.25, 0.3) is 6.08 Å². The van der Waals surface area contributed by atoms with Crippen molar-refractivity contribution in [3.8, 4) is 0 Å². The molecule has 1 aromatic carbocycles.